The van der Waals surface area contributed by atoms with Crippen LogP contribution < -0.4 is 5.32 Å². The van der Waals surface area contributed by atoms with Crippen LogP contribution in [0.2, 0.25) is 0 Å². The predicted octanol–water partition coefficient (Wildman–Crippen LogP) is 3.15. The first kappa shape index (κ1) is 14.7. The summed E-state index contributed by atoms with van der Waals surface area (Å²) in [5.41, 5.74) is -0.336. The van der Waals surface area contributed by atoms with Gasteiger partial charge in [0.2, 0.25) is 0 Å². The van der Waals surface area contributed by atoms with Gasteiger partial charge >= 0.3 is 6.09 Å². The van der Waals surface area contributed by atoms with E-state index in [2.05, 4.69) is 11.2 Å². The highest BCUT2D eigenvalue weighted by Crippen LogP contribution is 2.21. The molecule has 0 spiro atoms. The summed E-state index contributed by atoms with van der Waals surface area (Å²) < 4.78 is 18.8. The fourth-order valence-corrected chi connectivity index (χ4v) is 1.36. The molecule has 0 aliphatic rings. The zero-order valence-corrected chi connectivity index (χ0v) is 11.0. The van der Waals surface area contributed by atoms with E-state index in [1.165, 1.54) is 6.07 Å². The second-order valence-electron chi connectivity index (χ2n) is 4.84. The summed E-state index contributed by atoms with van der Waals surface area (Å²) >= 11 is 0. The van der Waals surface area contributed by atoms with Crippen LogP contribution in [0.1, 0.15) is 31.9 Å². The van der Waals surface area contributed by atoms with Gasteiger partial charge in [-0.25, -0.2) is 9.18 Å². The minimum Gasteiger partial charge on any atom is -0.444 e. The van der Waals surface area contributed by atoms with Gasteiger partial charge in [0.25, 0.3) is 0 Å². The molecule has 0 saturated heterocycles. The Balaban J connectivity index is 3.05. The summed E-state index contributed by atoms with van der Waals surface area (Å²) in [6.07, 6.45) is 5.30. The normalized spacial score (nSPS) is 10.5. The number of amides is 1. The number of terminal acetylenes is 1. The molecule has 1 amide bonds. The first-order chi connectivity index (χ1) is 8.76. The van der Waals surface area contributed by atoms with Crippen molar-refractivity contribution in [3.63, 3.8) is 0 Å². The molecule has 0 aliphatic carbocycles. The van der Waals surface area contributed by atoms with Gasteiger partial charge in [0.1, 0.15) is 11.4 Å². The van der Waals surface area contributed by atoms with E-state index in [0.29, 0.717) is 5.56 Å². The van der Waals surface area contributed by atoms with Crippen molar-refractivity contribution in [2.75, 3.05) is 5.32 Å². The lowest BCUT2D eigenvalue weighted by Gasteiger charge is -2.20. The van der Waals surface area contributed by atoms with Gasteiger partial charge in [-0.15, -0.1) is 6.42 Å². The van der Waals surface area contributed by atoms with Crippen LogP contribution in [-0.4, -0.2) is 17.9 Å². The molecular weight excluding hydrogens is 247 g/mol. The Hall–Kier alpha value is -2.35. The molecule has 0 atom stereocenters. The zero-order valence-electron chi connectivity index (χ0n) is 11.0. The van der Waals surface area contributed by atoms with E-state index in [0.717, 1.165) is 12.3 Å². The highest BCUT2D eigenvalue weighted by molar-refractivity contribution is 5.94. The Bertz CT molecular complexity index is 554. The van der Waals surface area contributed by atoms with E-state index in [1.807, 2.05) is 0 Å². The third-order valence-corrected chi connectivity index (χ3v) is 2.07. The Morgan fingerprint density at radius 2 is 2.16 bits per heavy atom. The van der Waals surface area contributed by atoms with Crippen LogP contribution in [-0.2, 0) is 4.74 Å². The van der Waals surface area contributed by atoms with Gasteiger partial charge in [0.15, 0.2) is 0 Å². The average molecular weight is 262 g/mol. The van der Waals surface area contributed by atoms with Crippen LogP contribution in [0.15, 0.2) is 12.1 Å². The van der Waals surface area contributed by atoms with Gasteiger partial charge in [0.05, 0.1) is 5.69 Å². The highest BCUT2D eigenvalue weighted by Gasteiger charge is 2.19. The Morgan fingerprint density at radius 1 is 1.53 bits per heavy atom. The van der Waals surface area contributed by atoms with Gasteiger partial charge in [-0.1, -0.05) is 5.92 Å². The maximum Gasteiger partial charge on any atom is 0.412 e. The van der Waals surface area contributed by atoms with Crippen molar-refractivity contribution in [2.45, 2.75) is 26.4 Å². The molecule has 1 aromatic rings. The Labute approximate surface area is 111 Å². The van der Waals surface area contributed by atoms with Crippen LogP contribution in [0.25, 0.3) is 0 Å². The molecule has 4 nitrogen and oxygen atoms in total. The first-order valence-corrected chi connectivity index (χ1v) is 5.57. The molecule has 5 heteroatoms. The third-order valence-electron chi connectivity index (χ3n) is 2.07. The van der Waals surface area contributed by atoms with E-state index in [-0.39, 0.29) is 11.3 Å². The van der Waals surface area contributed by atoms with Gasteiger partial charge in [0, 0.05) is 17.3 Å². The van der Waals surface area contributed by atoms with E-state index in [1.54, 1.807) is 20.8 Å². The van der Waals surface area contributed by atoms with E-state index in [9.17, 15) is 9.18 Å². The molecule has 0 unspecified atom stereocenters. The molecule has 2 N–H and O–H groups in total. The predicted molar refractivity (Wildman–Crippen MR) is 72.1 cm³/mol. The summed E-state index contributed by atoms with van der Waals surface area (Å²) in [6, 6.07) is 2.54. The fourth-order valence-electron chi connectivity index (χ4n) is 1.36. The first-order valence-electron chi connectivity index (χ1n) is 5.57. The molecule has 0 fully saturated rings. The SMILES string of the molecule is C#Cc1cc(F)c(NC(=O)OC(C)(C)C)c(C=N)c1. The number of ether oxygens (including phenoxy) is 1. The molecule has 0 radical (unpaired) electrons. The van der Waals surface area contributed by atoms with E-state index < -0.39 is 17.5 Å². The summed E-state index contributed by atoms with van der Waals surface area (Å²) in [4.78, 5) is 11.6. The molecular formula is C14H15FN2O2. The van der Waals surface area contributed by atoms with Crippen LogP contribution in [0, 0.1) is 23.6 Å². The number of hydrogen-bond acceptors (Lipinski definition) is 3. The monoisotopic (exact) mass is 262 g/mol. The summed E-state index contributed by atoms with van der Waals surface area (Å²) in [6.45, 7) is 5.09. The topological polar surface area (TPSA) is 62.2 Å². The molecule has 100 valence electrons. The summed E-state index contributed by atoms with van der Waals surface area (Å²) in [5, 5.41) is 9.51. The van der Waals surface area contributed by atoms with Gasteiger partial charge in [-0.2, -0.15) is 0 Å². The molecule has 0 heterocycles. The molecule has 0 bridgehead atoms. The third kappa shape index (κ3) is 4.11. The standard InChI is InChI=1S/C14H15FN2O2/c1-5-9-6-10(8-16)12(11(15)7-9)17-13(18)19-14(2,3)4/h1,6-8,16H,2-4H3,(H,17,18). The number of carbonyl (C=O) groups excluding carboxylic acids is 1. The zero-order chi connectivity index (χ0) is 14.6. The lowest BCUT2D eigenvalue weighted by Crippen LogP contribution is -2.27. The minimum absolute atomic E-state index is 0.122. The summed E-state index contributed by atoms with van der Waals surface area (Å²) in [5.74, 6) is 1.57. The number of benzene rings is 1. The molecule has 0 aliphatic heterocycles. The van der Waals surface area contributed by atoms with Crippen LogP contribution in [0.5, 0.6) is 0 Å². The fraction of sp³-hybridized carbons (Fsp3) is 0.286. The Morgan fingerprint density at radius 3 is 2.63 bits per heavy atom. The van der Waals surface area contributed by atoms with Crippen molar-refractivity contribution in [1.29, 1.82) is 5.41 Å². The molecule has 1 aromatic carbocycles. The van der Waals surface area contributed by atoms with Gasteiger partial charge in [-0.05, 0) is 32.9 Å². The van der Waals surface area contributed by atoms with Crippen molar-refractivity contribution < 1.29 is 13.9 Å². The van der Waals surface area contributed by atoms with Crippen molar-refractivity contribution in [3.8, 4) is 12.3 Å². The molecule has 0 aromatic heterocycles. The largest absolute Gasteiger partial charge is 0.444 e. The van der Waals surface area contributed by atoms with Crippen molar-refractivity contribution >= 4 is 18.0 Å². The maximum absolute atomic E-state index is 13.8. The number of anilines is 1. The number of halogens is 1. The smallest absolute Gasteiger partial charge is 0.412 e. The summed E-state index contributed by atoms with van der Waals surface area (Å²) in [7, 11) is 0. The quantitative estimate of drug-likeness (QED) is 0.635. The lowest BCUT2D eigenvalue weighted by molar-refractivity contribution is 0.0635. The molecule has 1 rings (SSSR count). The number of hydrogen-bond donors (Lipinski definition) is 2. The van der Waals surface area contributed by atoms with Gasteiger partial charge < -0.3 is 10.1 Å². The van der Waals surface area contributed by atoms with E-state index in [4.69, 9.17) is 16.6 Å². The lowest BCUT2D eigenvalue weighted by atomic mass is 10.1. The second-order valence-corrected chi connectivity index (χ2v) is 4.84. The number of nitrogens with one attached hydrogen (secondary N) is 2. The Kier molecular flexibility index (Phi) is 4.28. The molecule has 0 saturated carbocycles. The van der Waals surface area contributed by atoms with Gasteiger partial charge in [-0.3, -0.25) is 5.32 Å². The average Bonchev–Trinajstić information content (AvgIpc) is 2.29. The number of carbonyl (C=O) groups is 1. The van der Waals surface area contributed by atoms with Crippen LogP contribution >= 0.6 is 0 Å². The molecule has 19 heavy (non-hydrogen) atoms. The van der Waals surface area contributed by atoms with Crippen LogP contribution in [0.4, 0.5) is 14.9 Å². The van der Waals surface area contributed by atoms with Crippen molar-refractivity contribution in [1.82, 2.24) is 0 Å². The van der Waals surface area contributed by atoms with Crippen molar-refractivity contribution in [2.24, 2.45) is 0 Å². The van der Waals surface area contributed by atoms with Crippen molar-refractivity contribution in [3.05, 3.63) is 29.1 Å². The number of rotatable bonds is 2. The second kappa shape index (κ2) is 5.53. The van der Waals surface area contributed by atoms with Crippen LogP contribution in [0.3, 0.4) is 0 Å². The maximum atomic E-state index is 13.8. The minimum atomic E-state index is -0.789. The highest BCUT2D eigenvalue weighted by atomic mass is 19.1. The van der Waals surface area contributed by atoms with E-state index >= 15 is 0 Å².